The van der Waals surface area contributed by atoms with Crippen molar-refractivity contribution in [3.63, 3.8) is 0 Å². The second kappa shape index (κ2) is 2.73. The maximum absolute atomic E-state index is 5.37. The lowest BCUT2D eigenvalue weighted by molar-refractivity contribution is 0.569. The highest BCUT2D eigenvalue weighted by molar-refractivity contribution is 5.91. The molecule has 0 aliphatic rings. The standard InChI is InChI=1S/C11H7NO2/c1-2-4-10-8(3-1)9(7-14-10)11-12-5-6-13-11/h1-7H. The van der Waals surface area contributed by atoms with Crippen LogP contribution in [0.1, 0.15) is 0 Å². The van der Waals surface area contributed by atoms with Crippen molar-refractivity contribution in [1.29, 1.82) is 0 Å². The number of aromatic nitrogens is 1. The Morgan fingerprint density at radius 2 is 2.00 bits per heavy atom. The molecule has 0 bridgehead atoms. The fraction of sp³-hybridized carbons (Fsp3) is 0. The molecule has 0 N–H and O–H groups in total. The van der Waals surface area contributed by atoms with Gasteiger partial charge in [0.2, 0.25) is 5.89 Å². The zero-order valence-electron chi connectivity index (χ0n) is 7.31. The molecular weight excluding hydrogens is 178 g/mol. The highest BCUT2D eigenvalue weighted by Gasteiger charge is 2.10. The van der Waals surface area contributed by atoms with Gasteiger partial charge in [-0.2, -0.15) is 0 Å². The second-order valence-electron chi connectivity index (χ2n) is 2.98. The van der Waals surface area contributed by atoms with Gasteiger partial charge < -0.3 is 8.83 Å². The summed E-state index contributed by atoms with van der Waals surface area (Å²) in [5, 5.41) is 1.02. The number of fused-ring (bicyclic) bond motifs is 1. The van der Waals surface area contributed by atoms with Crippen molar-refractivity contribution in [1.82, 2.24) is 4.98 Å². The molecule has 1 aromatic carbocycles. The van der Waals surface area contributed by atoms with Crippen LogP contribution in [0.3, 0.4) is 0 Å². The van der Waals surface area contributed by atoms with Crippen LogP contribution >= 0.6 is 0 Å². The van der Waals surface area contributed by atoms with E-state index in [2.05, 4.69) is 4.98 Å². The molecule has 14 heavy (non-hydrogen) atoms. The van der Waals surface area contributed by atoms with Crippen molar-refractivity contribution in [3.8, 4) is 11.5 Å². The third-order valence-corrected chi connectivity index (χ3v) is 2.14. The van der Waals surface area contributed by atoms with Crippen molar-refractivity contribution in [3.05, 3.63) is 43.0 Å². The Morgan fingerprint density at radius 1 is 1.07 bits per heavy atom. The van der Waals surface area contributed by atoms with Crippen LogP contribution in [0.15, 0.2) is 51.8 Å². The summed E-state index contributed by atoms with van der Waals surface area (Å²) in [7, 11) is 0. The molecule has 0 unspecified atom stereocenters. The summed E-state index contributed by atoms with van der Waals surface area (Å²) in [4.78, 5) is 4.08. The SMILES string of the molecule is c1ccc2c(-c3ncco3)coc2c1. The van der Waals surface area contributed by atoms with Gasteiger partial charge in [0.25, 0.3) is 0 Å². The van der Waals surface area contributed by atoms with Gasteiger partial charge in [-0.3, -0.25) is 0 Å². The molecule has 68 valence electrons. The number of hydrogen-bond acceptors (Lipinski definition) is 3. The molecule has 0 fully saturated rings. The average molecular weight is 185 g/mol. The molecular formula is C11H7NO2. The summed E-state index contributed by atoms with van der Waals surface area (Å²) in [6.07, 6.45) is 4.84. The zero-order valence-corrected chi connectivity index (χ0v) is 7.31. The molecule has 0 amide bonds. The predicted molar refractivity (Wildman–Crippen MR) is 51.7 cm³/mol. The van der Waals surface area contributed by atoms with E-state index in [4.69, 9.17) is 8.83 Å². The maximum Gasteiger partial charge on any atom is 0.229 e. The first-order valence-electron chi connectivity index (χ1n) is 4.31. The van der Waals surface area contributed by atoms with E-state index < -0.39 is 0 Å². The molecule has 0 radical (unpaired) electrons. The van der Waals surface area contributed by atoms with E-state index in [0.29, 0.717) is 5.89 Å². The molecule has 3 rings (SSSR count). The van der Waals surface area contributed by atoms with Crippen LogP contribution in [0.2, 0.25) is 0 Å². The highest BCUT2D eigenvalue weighted by atomic mass is 16.3. The number of nitrogens with zero attached hydrogens (tertiary/aromatic N) is 1. The predicted octanol–water partition coefficient (Wildman–Crippen LogP) is 3.09. The van der Waals surface area contributed by atoms with Gasteiger partial charge in [-0.05, 0) is 6.07 Å². The van der Waals surface area contributed by atoms with Crippen LogP contribution in [0, 0.1) is 0 Å². The van der Waals surface area contributed by atoms with Crippen molar-refractivity contribution in [2.75, 3.05) is 0 Å². The zero-order chi connectivity index (χ0) is 9.38. The quantitative estimate of drug-likeness (QED) is 0.584. The molecule has 2 heterocycles. The normalized spacial score (nSPS) is 10.9. The molecule has 0 saturated heterocycles. The summed E-state index contributed by atoms with van der Waals surface area (Å²) in [6, 6.07) is 7.80. The van der Waals surface area contributed by atoms with Gasteiger partial charge in [-0.1, -0.05) is 18.2 Å². The Hall–Kier alpha value is -2.03. The first kappa shape index (κ1) is 7.38. The average Bonchev–Trinajstić information content (AvgIpc) is 2.85. The van der Waals surface area contributed by atoms with E-state index in [9.17, 15) is 0 Å². The van der Waals surface area contributed by atoms with E-state index in [1.807, 2.05) is 24.3 Å². The Labute approximate surface area is 80.0 Å². The fourth-order valence-electron chi connectivity index (χ4n) is 1.50. The van der Waals surface area contributed by atoms with Gasteiger partial charge in [-0.15, -0.1) is 0 Å². The lowest BCUT2D eigenvalue weighted by atomic mass is 10.2. The summed E-state index contributed by atoms with van der Waals surface area (Å²) >= 11 is 0. The first-order valence-corrected chi connectivity index (χ1v) is 4.31. The molecule has 0 aliphatic heterocycles. The number of hydrogen-bond donors (Lipinski definition) is 0. The minimum atomic E-state index is 0.593. The Morgan fingerprint density at radius 3 is 2.86 bits per heavy atom. The monoisotopic (exact) mass is 185 g/mol. The molecule has 2 aromatic heterocycles. The van der Waals surface area contributed by atoms with Gasteiger partial charge in [0.15, 0.2) is 0 Å². The molecule has 3 heteroatoms. The van der Waals surface area contributed by atoms with Gasteiger partial charge in [0.05, 0.1) is 11.8 Å². The summed E-state index contributed by atoms with van der Waals surface area (Å²) in [6.45, 7) is 0. The van der Waals surface area contributed by atoms with Gasteiger partial charge >= 0.3 is 0 Å². The van der Waals surface area contributed by atoms with E-state index in [1.165, 1.54) is 0 Å². The minimum Gasteiger partial charge on any atom is -0.463 e. The highest BCUT2D eigenvalue weighted by Crippen LogP contribution is 2.28. The lowest BCUT2D eigenvalue weighted by Crippen LogP contribution is -1.72. The Kier molecular flexibility index (Phi) is 1.44. The molecule has 0 saturated carbocycles. The Bertz CT molecular complexity index is 551. The third kappa shape index (κ3) is 0.956. The molecule has 0 aliphatic carbocycles. The van der Waals surface area contributed by atoms with Crippen LogP contribution in [0.4, 0.5) is 0 Å². The summed E-state index contributed by atoms with van der Waals surface area (Å²) in [5.41, 5.74) is 1.74. The smallest absolute Gasteiger partial charge is 0.229 e. The van der Waals surface area contributed by atoms with Crippen molar-refractivity contribution < 1.29 is 8.83 Å². The maximum atomic E-state index is 5.37. The topological polar surface area (TPSA) is 39.2 Å². The molecule has 3 aromatic rings. The number of furan rings is 1. The van der Waals surface area contributed by atoms with E-state index in [1.54, 1.807) is 18.7 Å². The Balaban J connectivity index is 2.33. The number of para-hydroxylation sites is 1. The van der Waals surface area contributed by atoms with Crippen molar-refractivity contribution >= 4 is 11.0 Å². The van der Waals surface area contributed by atoms with Gasteiger partial charge in [0, 0.05) is 5.39 Å². The second-order valence-corrected chi connectivity index (χ2v) is 2.98. The van der Waals surface area contributed by atoms with E-state index in [0.717, 1.165) is 16.5 Å². The summed E-state index contributed by atoms with van der Waals surface area (Å²) in [5.74, 6) is 0.593. The first-order chi connectivity index (χ1) is 6.95. The summed E-state index contributed by atoms with van der Waals surface area (Å²) < 4.78 is 10.6. The lowest BCUT2D eigenvalue weighted by Gasteiger charge is -1.89. The van der Waals surface area contributed by atoms with Crippen LogP contribution in [-0.4, -0.2) is 4.98 Å². The van der Waals surface area contributed by atoms with Crippen molar-refractivity contribution in [2.45, 2.75) is 0 Å². The van der Waals surface area contributed by atoms with Crippen LogP contribution in [0.25, 0.3) is 22.4 Å². The number of rotatable bonds is 1. The van der Waals surface area contributed by atoms with Gasteiger partial charge in [0.1, 0.15) is 18.1 Å². The molecule has 3 nitrogen and oxygen atoms in total. The number of benzene rings is 1. The van der Waals surface area contributed by atoms with Crippen LogP contribution in [0.5, 0.6) is 0 Å². The largest absolute Gasteiger partial charge is 0.463 e. The van der Waals surface area contributed by atoms with Gasteiger partial charge in [-0.25, -0.2) is 4.98 Å². The fourth-order valence-corrected chi connectivity index (χ4v) is 1.50. The van der Waals surface area contributed by atoms with E-state index >= 15 is 0 Å². The number of oxazole rings is 1. The van der Waals surface area contributed by atoms with E-state index in [-0.39, 0.29) is 0 Å². The molecule has 0 atom stereocenters. The minimum absolute atomic E-state index is 0.593. The molecule has 0 spiro atoms. The van der Waals surface area contributed by atoms with Crippen LogP contribution in [-0.2, 0) is 0 Å². The van der Waals surface area contributed by atoms with Crippen LogP contribution < -0.4 is 0 Å². The van der Waals surface area contributed by atoms with Crippen molar-refractivity contribution in [2.24, 2.45) is 0 Å². The third-order valence-electron chi connectivity index (χ3n) is 2.14.